The van der Waals surface area contributed by atoms with E-state index in [1.165, 1.54) is 5.56 Å². The molecule has 0 aliphatic heterocycles. The molecule has 0 saturated heterocycles. The third-order valence-electron chi connectivity index (χ3n) is 2.99. The van der Waals surface area contributed by atoms with Crippen LogP contribution in [0.15, 0.2) is 22.7 Å². The summed E-state index contributed by atoms with van der Waals surface area (Å²) in [4.78, 5) is 0. The molecule has 0 aliphatic carbocycles. The highest BCUT2D eigenvalue weighted by Crippen LogP contribution is 2.28. The van der Waals surface area contributed by atoms with Crippen LogP contribution in [0.5, 0.6) is 5.75 Å². The summed E-state index contributed by atoms with van der Waals surface area (Å²) in [5, 5.41) is 12.7. The highest BCUT2D eigenvalue weighted by atomic mass is 79.9. The van der Waals surface area contributed by atoms with Crippen LogP contribution in [0.1, 0.15) is 32.4 Å². The molecule has 1 atom stereocenters. The van der Waals surface area contributed by atoms with Gasteiger partial charge in [0.2, 0.25) is 0 Å². The lowest BCUT2D eigenvalue weighted by atomic mass is 9.94. The molecule has 18 heavy (non-hydrogen) atoms. The minimum Gasteiger partial charge on any atom is -0.496 e. The van der Waals surface area contributed by atoms with Crippen molar-refractivity contribution in [2.24, 2.45) is 5.41 Å². The molecule has 0 fully saturated rings. The summed E-state index contributed by atoms with van der Waals surface area (Å²) in [5.41, 5.74) is 1.09. The predicted octanol–water partition coefficient (Wildman–Crippen LogP) is 3.13. The lowest BCUT2D eigenvalue weighted by molar-refractivity contribution is 0.154. The number of aliphatic hydroxyl groups excluding tert-OH is 1. The van der Waals surface area contributed by atoms with Crippen molar-refractivity contribution in [2.45, 2.75) is 26.8 Å². The third kappa shape index (κ3) is 4.26. The maximum atomic E-state index is 9.23. The number of rotatable bonds is 6. The molecule has 3 nitrogen and oxygen atoms in total. The van der Waals surface area contributed by atoms with Gasteiger partial charge >= 0.3 is 0 Å². The van der Waals surface area contributed by atoms with E-state index in [-0.39, 0.29) is 18.1 Å². The summed E-state index contributed by atoms with van der Waals surface area (Å²) in [5.74, 6) is 0.835. The average molecular weight is 316 g/mol. The number of methoxy groups -OCH3 is 1. The summed E-state index contributed by atoms with van der Waals surface area (Å²) >= 11 is 3.49. The molecule has 4 heteroatoms. The topological polar surface area (TPSA) is 41.5 Å². The molecule has 1 rings (SSSR count). The van der Waals surface area contributed by atoms with Crippen molar-refractivity contribution in [3.8, 4) is 5.75 Å². The van der Waals surface area contributed by atoms with Crippen LogP contribution in [0.25, 0.3) is 0 Å². The maximum absolute atomic E-state index is 9.23. The highest BCUT2D eigenvalue weighted by Gasteiger charge is 2.18. The first-order valence-electron chi connectivity index (χ1n) is 6.07. The van der Waals surface area contributed by atoms with E-state index in [0.29, 0.717) is 0 Å². The van der Waals surface area contributed by atoms with Crippen molar-refractivity contribution in [1.82, 2.24) is 5.32 Å². The second kappa shape index (κ2) is 6.55. The largest absolute Gasteiger partial charge is 0.496 e. The first-order valence-corrected chi connectivity index (χ1v) is 6.86. The Kier molecular flexibility index (Phi) is 5.63. The first-order chi connectivity index (χ1) is 8.39. The van der Waals surface area contributed by atoms with Gasteiger partial charge in [-0.05, 0) is 40.5 Å². The minimum atomic E-state index is -0.0992. The number of nitrogens with one attached hydrogen (secondary N) is 1. The van der Waals surface area contributed by atoms with Gasteiger partial charge in [-0.15, -0.1) is 0 Å². The van der Waals surface area contributed by atoms with Crippen LogP contribution >= 0.6 is 15.9 Å². The van der Waals surface area contributed by atoms with Crippen molar-refractivity contribution < 1.29 is 9.84 Å². The number of ether oxygens (including phenoxy) is 1. The zero-order valence-electron chi connectivity index (χ0n) is 11.5. The Hall–Kier alpha value is -0.580. The van der Waals surface area contributed by atoms with Gasteiger partial charge in [0.15, 0.2) is 0 Å². The number of benzene rings is 1. The van der Waals surface area contributed by atoms with Crippen LogP contribution < -0.4 is 10.1 Å². The molecular weight excluding hydrogens is 294 g/mol. The fraction of sp³-hybridized carbons (Fsp3) is 0.571. The number of halogens is 1. The maximum Gasteiger partial charge on any atom is 0.133 e. The molecule has 0 aliphatic rings. The molecule has 2 N–H and O–H groups in total. The zero-order chi connectivity index (χ0) is 13.8. The van der Waals surface area contributed by atoms with Gasteiger partial charge in [0.1, 0.15) is 5.75 Å². The molecule has 0 bridgehead atoms. The summed E-state index contributed by atoms with van der Waals surface area (Å²) < 4.78 is 6.17. The van der Waals surface area contributed by atoms with Gasteiger partial charge in [-0.2, -0.15) is 0 Å². The van der Waals surface area contributed by atoms with E-state index in [1.807, 2.05) is 26.0 Å². The van der Waals surface area contributed by atoms with Crippen LogP contribution in [0.4, 0.5) is 0 Å². The van der Waals surface area contributed by atoms with Crippen molar-refractivity contribution in [2.75, 3.05) is 20.3 Å². The standard InChI is InChI=1S/C14H22BrNO2/c1-10(16-8-14(2,3)9-17)11-5-6-13(18-4)12(15)7-11/h5-7,10,16-17H,8-9H2,1-4H3. The predicted molar refractivity (Wildman–Crippen MR) is 78.0 cm³/mol. The Morgan fingerprint density at radius 3 is 2.61 bits per heavy atom. The molecule has 0 aromatic heterocycles. The van der Waals surface area contributed by atoms with E-state index in [0.717, 1.165) is 16.8 Å². The van der Waals surface area contributed by atoms with E-state index in [4.69, 9.17) is 4.74 Å². The van der Waals surface area contributed by atoms with Crippen molar-refractivity contribution >= 4 is 15.9 Å². The van der Waals surface area contributed by atoms with E-state index in [2.05, 4.69) is 34.2 Å². The van der Waals surface area contributed by atoms with Gasteiger partial charge in [-0.3, -0.25) is 0 Å². The smallest absolute Gasteiger partial charge is 0.133 e. The number of hydrogen-bond donors (Lipinski definition) is 2. The van der Waals surface area contributed by atoms with Crippen molar-refractivity contribution in [1.29, 1.82) is 0 Å². The van der Waals surface area contributed by atoms with E-state index < -0.39 is 0 Å². The Morgan fingerprint density at radius 1 is 1.44 bits per heavy atom. The molecule has 0 saturated carbocycles. The van der Waals surface area contributed by atoms with Crippen LogP contribution in [0.3, 0.4) is 0 Å². The molecule has 1 aromatic rings. The molecule has 1 aromatic carbocycles. The van der Waals surface area contributed by atoms with Gasteiger partial charge in [-0.25, -0.2) is 0 Å². The summed E-state index contributed by atoms with van der Waals surface area (Å²) in [7, 11) is 1.66. The number of hydrogen-bond acceptors (Lipinski definition) is 3. The Morgan fingerprint density at radius 2 is 2.11 bits per heavy atom. The molecule has 0 radical (unpaired) electrons. The lowest BCUT2D eigenvalue weighted by Gasteiger charge is -2.25. The molecule has 102 valence electrons. The Labute approximate surface area is 118 Å². The second-order valence-corrected chi connectivity index (χ2v) is 6.17. The second-order valence-electron chi connectivity index (χ2n) is 5.32. The van der Waals surface area contributed by atoms with Gasteiger partial charge in [0.05, 0.1) is 11.6 Å². The molecular formula is C14H22BrNO2. The highest BCUT2D eigenvalue weighted by molar-refractivity contribution is 9.10. The normalized spacial score (nSPS) is 13.4. The first kappa shape index (κ1) is 15.5. The van der Waals surface area contributed by atoms with E-state index >= 15 is 0 Å². The van der Waals surface area contributed by atoms with Crippen molar-refractivity contribution in [3.63, 3.8) is 0 Å². The van der Waals surface area contributed by atoms with E-state index in [1.54, 1.807) is 7.11 Å². The van der Waals surface area contributed by atoms with Crippen LogP contribution in [0, 0.1) is 5.41 Å². The lowest BCUT2D eigenvalue weighted by Crippen LogP contribution is -2.33. The third-order valence-corrected chi connectivity index (χ3v) is 3.61. The zero-order valence-corrected chi connectivity index (χ0v) is 13.0. The summed E-state index contributed by atoms with van der Waals surface area (Å²) in [6.45, 7) is 7.14. The Balaban J connectivity index is 2.67. The van der Waals surface area contributed by atoms with E-state index in [9.17, 15) is 5.11 Å². The number of aliphatic hydroxyl groups is 1. The SMILES string of the molecule is COc1ccc(C(C)NCC(C)(C)CO)cc1Br. The molecule has 0 heterocycles. The van der Waals surface area contributed by atoms with Crippen LogP contribution in [-0.2, 0) is 0 Å². The van der Waals surface area contributed by atoms with Gasteiger partial charge in [0.25, 0.3) is 0 Å². The van der Waals surface area contributed by atoms with Crippen LogP contribution in [-0.4, -0.2) is 25.4 Å². The minimum absolute atomic E-state index is 0.0992. The fourth-order valence-electron chi connectivity index (χ4n) is 1.56. The quantitative estimate of drug-likeness (QED) is 0.847. The monoisotopic (exact) mass is 315 g/mol. The average Bonchev–Trinajstić information content (AvgIpc) is 2.36. The Bertz CT molecular complexity index is 393. The summed E-state index contributed by atoms with van der Waals surface area (Å²) in [6.07, 6.45) is 0. The van der Waals surface area contributed by atoms with Crippen LogP contribution in [0.2, 0.25) is 0 Å². The van der Waals surface area contributed by atoms with Crippen molar-refractivity contribution in [3.05, 3.63) is 28.2 Å². The summed E-state index contributed by atoms with van der Waals surface area (Å²) in [6, 6.07) is 6.29. The van der Waals surface area contributed by atoms with Gasteiger partial charge in [-0.1, -0.05) is 19.9 Å². The molecule has 0 amide bonds. The fourth-order valence-corrected chi connectivity index (χ4v) is 2.11. The molecule has 0 spiro atoms. The van der Waals surface area contributed by atoms with Gasteiger partial charge < -0.3 is 15.2 Å². The molecule has 1 unspecified atom stereocenters. The van der Waals surface area contributed by atoms with Gasteiger partial charge in [0, 0.05) is 24.6 Å².